The van der Waals surface area contributed by atoms with Crippen molar-refractivity contribution in [2.24, 2.45) is 5.73 Å². The van der Waals surface area contributed by atoms with Gasteiger partial charge in [-0.25, -0.2) is 4.79 Å². The van der Waals surface area contributed by atoms with Gasteiger partial charge in [-0.2, -0.15) is 0 Å². The van der Waals surface area contributed by atoms with Crippen molar-refractivity contribution in [2.75, 3.05) is 0 Å². The Morgan fingerprint density at radius 1 is 1.07 bits per heavy atom. The first kappa shape index (κ1) is 18.5. The number of hydrogen-bond acceptors (Lipinski definition) is 4. The van der Waals surface area contributed by atoms with Gasteiger partial charge in [0.15, 0.2) is 0 Å². The van der Waals surface area contributed by atoms with Crippen LogP contribution < -0.4 is 11.1 Å². The molecule has 3 rings (SSSR count). The zero-order valence-electron chi connectivity index (χ0n) is 14.6. The fourth-order valence-electron chi connectivity index (χ4n) is 2.92. The molecule has 1 aromatic heterocycles. The third kappa shape index (κ3) is 4.65. The van der Waals surface area contributed by atoms with Crippen LogP contribution in [0.3, 0.4) is 0 Å². The summed E-state index contributed by atoms with van der Waals surface area (Å²) in [4.78, 5) is 27.1. The molecular formula is C20H21N3O4. The van der Waals surface area contributed by atoms with Crippen LogP contribution in [0.5, 0.6) is 5.75 Å². The predicted molar refractivity (Wildman–Crippen MR) is 101 cm³/mol. The molecular weight excluding hydrogens is 346 g/mol. The molecule has 27 heavy (non-hydrogen) atoms. The molecule has 0 fully saturated rings. The topological polar surface area (TPSA) is 128 Å². The van der Waals surface area contributed by atoms with E-state index < -0.39 is 24.0 Å². The number of para-hydroxylation sites is 1. The van der Waals surface area contributed by atoms with E-state index in [0.29, 0.717) is 0 Å². The van der Waals surface area contributed by atoms with Crippen molar-refractivity contribution in [2.45, 2.75) is 24.9 Å². The molecule has 0 aliphatic carbocycles. The highest BCUT2D eigenvalue weighted by Crippen LogP contribution is 2.16. The normalized spacial score (nSPS) is 13.2. The Bertz CT molecular complexity index is 916. The quantitative estimate of drug-likeness (QED) is 0.433. The number of aliphatic carboxylic acids is 1. The largest absolute Gasteiger partial charge is 0.508 e. The second-order valence-electron chi connectivity index (χ2n) is 6.46. The molecule has 0 aliphatic heterocycles. The molecule has 7 heteroatoms. The molecule has 0 radical (unpaired) electrons. The molecule has 0 aliphatic rings. The van der Waals surface area contributed by atoms with E-state index in [2.05, 4.69) is 10.3 Å². The van der Waals surface area contributed by atoms with Gasteiger partial charge in [-0.1, -0.05) is 30.3 Å². The van der Waals surface area contributed by atoms with Gasteiger partial charge in [0.2, 0.25) is 5.91 Å². The third-order valence-corrected chi connectivity index (χ3v) is 4.35. The number of aromatic nitrogens is 1. The van der Waals surface area contributed by atoms with Gasteiger partial charge >= 0.3 is 5.97 Å². The number of phenols is 1. The van der Waals surface area contributed by atoms with Crippen LogP contribution in [0.15, 0.2) is 54.6 Å². The second kappa shape index (κ2) is 7.92. The molecule has 0 bridgehead atoms. The zero-order chi connectivity index (χ0) is 19.4. The lowest BCUT2D eigenvalue weighted by atomic mass is 10.0. The SMILES string of the molecule is N[C@@H](Cc1ccc(O)cc1)C(=O)N[C@@H](Cc1cc2ccccc2[nH]1)C(=O)O. The Balaban J connectivity index is 1.65. The van der Waals surface area contributed by atoms with Crippen molar-refractivity contribution in [3.8, 4) is 5.75 Å². The lowest BCUT2D eigenvalue weighted by molar-refractivity contribution is -0.142. The van der Waals surface area contributed by atoms with Crippen LogP contribution in [0.25, 0.3) is 10.9 Å². The molecule has 3 aromatic rings. The van der Waals surface area contributed by atoms with E-state index in [1.54, 1.807) is 12.1 Å². The lowest BCUT2D eigenvalue weighted by Gasteiger charge is -2.17. The van der Waals surface area contributed by atoms with Crippen molar-refractivity contribution in [3.63, 3.8) is 0 Å². The van der Waals surface area contributed by atoms with Gasteiger partial charge < -0.3 is 26.2 Å². The smallest absolute Gasteiger partial charge is 0.326 e. The van der Waals surface area contributed by atoms with Gasteiger partial charge in [0, 0.05) is 17.6 Å². The highest BCUT2D eigenvalue weighted by Gasteiger charge is 2.24. The Morgan fingerprint density at radius 3 is 2.44 bits per heavy atom. The molecule has 0 spiro atoms. The van der Waals surface area contributed by atoms with E-state index in [1.807, 2.05) is 30.3 Å². The predicted octanol–water partition coefficient (Wildman–Crippen LogP) is 1.56. The third-order valence-electron chi connectivity index (χ3n) is 4.35. The zero-order valence-corrected chi connectivity index (χ0v) is 14.6. The van der Waals surface area contributed by atoms with Gasteiger partial charge in [-0.05, 0) is 41.6 Å². The van der Waals surface area contributed by atoms with Gasteiger partial charge in [0.05, 0.1) is 6.04 Å². The van der Waals surface area contributed by atoms with Crippen molar-refractivity contribution < 1.29 is 19.8 Å². The minimum atomic E-state index is -1.13. The van der Waals surface area contributed by atoms with E-state index in [4.69, 9.17) is 5.73 Å². The van der Waals surface area contributed by atoms with Gasteiger partial charge in [0.25, 0.3) is 0 Å². The summed E-state index contributed by atoms with van der Waals surface area (Å²) < 4.78 is 0. The van der Waals surface area contributed by atoms with Gasteiger partial charge in [-0.3, -0.25) is 4.79 Å². The number of carbonyl (C=O) groups is 2. The Morgan fingerprint density at radius 2 is 1.78 bits per heavy atom. The highest BCUT2D eigenvalue weighted by molar-refractivity contribution is 5.87. The highest BCUT2D eigenvalue weighted by atomic mass is 16.4. The number of phenolic OH excluding ortho intramolecular Hbond substituents is 1. The van der Waals surface area contributed by atoms with Crippen molar-refractivity contribution in [3.05, 3.63) is 65.9 Å². The number of carbonyl (C=O) groups excluding carboxylic acids is 1. The molecule has 2 atom stereocenters. The summed E-state index contributed by atoms with van der Waals surface area (Å²) in [6.45, 7) is 0. The summed E-state index contributed by atoms with van der Waals surface area (Å²) in [5, 5.41) is 22.2. The van der Waals surface area contributed by atoms with Crippen LogP contribution in [0.2, 0.25) is 0 Å². The number of hydrogen-bond donors (Lipinski definition) is 5. The Labute approximate surface area is 155 Å². The number of nitrogens with one attached hydrogen (secondary N) is 2. The first-order valence-electron chi connectivity index (χ1n) is 8.55. The number of amides is 1. The molecule has 1 heterocycles. The standard InChI is InChI=1S/C20H21N3O4/c21-16(9-12-5-7-15(24)8-6-12)19(25)23-18(20(26)27)11-14-10-13-3-1-2-4-17(13)22-14/h1-8,10,16,18,22,24H,9,11,21H2,(H,23,25)(H,26,27)/t16-,18-/m0/s1. The molecule has 2 aromatic carbocycles. The molecule has 1 amide bonds. The van der Waals surface area contributed by atoms with E-state index in [9.17, 15) is 19.8 Å². The van der Waals surface area contributed by atoms with E-state index in [1.165, 1.54) is 12.1 Å². The minimum Gasteiger partial charge on any atom is -0.508 e. The Kier molecular flexibility index (Phi) is 5.42. The summed E-state index contributed by atoms with van der Waals surface area (Å²) in [6, 6.07) is 13.9. The molecule has 0 saturated carbocycles. The van der Waals surface area contributed by atoms with E-state index >= 15 is 0 Å². The molecule has 0 unspecified atom stereocenters. The maximum Gasteiger partial charge on any atom is 0.326 e. The van der Waals surface area contributed by atoms with Gasteiger partial charge in [-0.15, -0.1) is 0 Å². The number of H-pyrrole nitrogens is 1. The van der Waals surface area contributed by atoms with Crippen LogP contribution in [0, 0.1) is 0 Å². The summed E-state index contributed by atoms with van der Waals surface area (Å²) in [6.07, 6.45) is 0.368. The maximum atomic E-state index is 12.3. The average Bonchev–Trinajstić information content (AvgIpc) is 3.05. The summed E-state index contributed by atoms with van der Waals surface area (Å²) in [5.74, 6) is -1.54. The number of carboxylic acids is 1. The summed E-state index contributed by atoms with van der Waals surface area (Å²) in [5.41, 5.74) is 8.32. The number of benzene rings is 2. The van der Waals surface area contributed by atoms with Crippen LogP contribution in [0.1, 0.15) is 11.3 Å². The number of nitrogens with two attached hydrogens (primary N) is 1. The van der Waals surface area contributed by atoms with Crippen LogP contribution in [0.4, 0.5) is 0 Å². The number of carboxylic acid groups (broad SMARTS) is 1. The fourth-order valence-corrected chi connectivity index (χ4v) is 2.92. The Hall–Kier alpha value is -3.32. The fraction of sp³-hybridized carbons (Fsp3) is 0.200. The van der Waals surface area contributed by atoms with Crippen molar-refractivity contribution in [1.82, 2.24) is 10.3 Å². The van der Waals surface area contributed by atoms with Crippen molar-refractivity contribution >= 4 is 22.8 Å². The van der Waals surface area contributed by atoms with Crippen LogP contribution >= 0.6 is 0 Å². The number of rotatable bonds is 7. The summed E-state index contributed by atoms with van der Waals surface area (Å²) >= 11 is 0. The molecule has 140 valence electrons. The van der Waals surface area contributed by atoms with Crippen LogP contribution in [-0.4, -0.2) is 39.2 Å². The second-order valence-corrected chi connectivity index (χ2v) is 6.46. The number of aromatic hydroxyl groups is 1. The van der Waals surface area contributed by atoms with Crippen molar-refractivity contribution in [1.29, 1.82) is 0 Å². The average molecular weight is 367 g/mol. The lowest BCUT2D eigenvalue weighted by Crippen LogP contribution is -2.50. The first-order chi connectivity index (χ1) is 12.9. The monoisotopic (exact) mass is 367 g/mol. The van der Waals surface area contributed by atoms with E-state index in [-0.39, 0.29) is 18.6 Å². The van der Waals surface area contributed by atoms with E-state index in [0.717, 1.165) is 22.2 Å². The number of aromatic amines is 1. The summed E-state index contributed by atoms with van der Waals surface area (Å²) in [7, 11) is 0. The van der Waals surface area contributed by atoms with Gasteiger partial charge in [0.1, 0.15) is 11.8 Å². The molecule has 7 nitrogen and oxygen atoms in total. The first-order valence-corrected chi connectivity index (χ1v) is 8.55. The molecule has 6 N–H and O–H groups in total. The maximum absolute atomic E-state index is 12.3. The van der Waals surface area contributed by atoms with Crippen LogP contribution in [-0.2, 0) is 22.4 Å². The minimum absolute atomic E-state index is 0.126. The molecule has 0 saturated heterocycles. The number of fused-ring (bicyclic) bond motifs is 1.